The number of pyridine rings is 1. The summed E-state index contributed by atoms with van der Waals surface area (Å²) in [5, 5.41) is 7.68. The van der Waals surface area contributed by atoms with Gasteiger partial charge in [-0.15, -0.1) is 0 Å². The molecule has 0 saturated heterocycles. The number of hydrogen-bond donors (Lipinski definition) is 1. The van der Waals surface area contributed by atoms with Gasteiger partial charge in [0.25, 0.3) is 0 Å². The Balaban J connectivity index is 1.64. The summed E-state index contributed by atoms with van der Waals surface area (Å²) in [5.74, 6) is -0.0825. The van der Waals surface area contributed by atoms with Crippen molar-refractivity contribution in [2.24, 2.45) is 0 Å². The third-order valence-corrected chi connectivity index (χ3v) is 3.02. The highest BCUT2D eigenvalue weighted by atomic mass is 16.5. The SMILES string of the molecule is O=C(Cc1noc2ccccc12)NCc1ccncc1. The molecule has 1 aromatic carbocycles. The lowest BCUT2D eigenvalue weighted by atomic mass is 10.1. The first-order valence-corrected chi connectivity index (χ1v) is 6.32. The lowest BCUT2D eigenvalue weighted by Gasteiger charge is -2.03. The zero-order valence-corrected chi connectivity index (χ0v) is 10.7. The standard InChI is InChI=1S/C15H13N3O2/c19-15(17-10-11-5-7-16-8-6-11)9-13-12-3-1-2-4-14(12)20-18-13/h1-8H,9-10H2,(H,17,19). The van der Waals surface area contributed by atoms with Gasteiger partial charge in [0.05, 0.1) is 6.42 Å². The number of carbonyl (C=O) groups is 1. The Morgan fingerprint density at radius 3 is 2.80 bits per heavy atom. The molecule has 5 nitrogen and oxygen atoms in total. The molecule has 0 bridgehead atoms. The normalized spacial score (nSPS) is 10.6. The summed E-state index contributed by atoms with van der Waals surface area (Å²) in [7, 11) is 0. The molecule has 100 valence electrons. The maximum atomic E-state index is 11.9. The number of nitrogens with one attached hydrogen (secondary N) is 1. The van der Waals surface area contributed by atoms with Crippen LogP contribution >= 0.6 is 0 Å². The predicted octanol–water partition coefficient (Wildman–Crippen LogP) is 2.08. The number of amides is 1. The maximum Gasteiger partial charge on any atom is 0.226 e. The lowest BCUT2D eigenvalue weighted by Crippen LogP contribution is -2.24. The molecular formula is C15H13N3O2. The Labute approximate surface area is 115 Å². The quantitative estimate of drug-likeness (QED) is 0.785. The zero-order valence-electron chi connectivity index (χ0n) is 10.7. The summed E-state index contributed by atoms with van der Waals surface area (Å²) in [4.78, 5) is 15.9. The van der Waals surface area contributed by atoms with Gasteiger partial charge in [-0.3, -0.25) is 9.78 Å². The van der Waals surface area contributed by atoms with Crippen LogP contribution in [0.5, 0.6) is 0 Å². The first-order valence-electron chi connectivity index (χ1n) is 6.32. The van der Waals surface area contributed by atoms with Crippen molar-refractivity contribution in [3.8, 4) is 0 Å². The van der Waals surface area contributed by atoms with Crippen molar-refractivity contribution >= 4 is 16.9 Å². The van der Waals surface area contributed by atoms with E-state index in [0.29, 0.717) is 17.8 Å². The molecule has 0 atom stereocenters. The van der Waals surface area contributed by atoms with E-state index in [1.54, 1.807) is 12.4 Å². The molecule has 3 rings (SSSR count). The highest BCUT2D eigenvalue weighted by molar-refractivity contribution is 5.86. The monoisotopic (exact) mass is 267 g/mol. The molecule has 3 aromatic rings. The van der Waals surface area contributed by atoms with Crippen molar-refractivity contribution < 1.29 is 9.32 Å². The van der Waals surface area contributed by atoms with Crippen molar-refractivity contribution in [1.29, 1.82) is 0 Å². The molecule has 0 spiro atoms. The smallest absolute Gasteiger partial charge is 0.226 e. The van der Waals surface area contributed by atoms with Crippen LogP contribution in [0.25, 0.3) is 11.0 Å². The lowest BCUT2D eigenvalue weighted by molar-refractivity contribution is -0.120. The van der Waals surface area contributed by atoms with Crippen LogP contribution in [0.15, 0.2) is 53.3 Å². The van der Waals surface area contributed by atoms with Crippen molar-refractivity contribution in [1.82, 2.24) is 15.5 Å². The van der Waals surface area contributed by atoms with Gasteiger partial charge in [-0.2, -0.15) is 0 Å². The molecule has 20 heavy (non-hydrogen) atoms. The second-order valence-electron chi connectivity index (χ2n) is 4.43. The Morgan fingerprint density at radius 2 is 1.95 bits per heavy atom. The van der Waals surface area contributed by atoms with Gasteiger partial charge in [0.2, 0.25) is 5.91 Å². The van der Waals surface area contributed by atoms with Gasteiger partial charge in [0.15, 0.2) is 5.58 Å². The van der Waals surface area contributed by atoms with Gasteiger partial charge >= 0.3 is 0 Å². The van der Waals surface area contributed by atoms with Crippen molar-refractivity contribution in [2.45, 2.75) is 13.0 Å². The van der Waals surface area contributed by atoms with Gasteiger partial charge < -0.3 is 9.84 Å². The van der Waals surface area contributed by atoms with Crippen LogP contribution in [0.3, 0.4) is 0 Å². The van der Waals surface area contributed by atoms with E-state index in [1.165, 1.54) is 0 Å². The summed E-state index contributed by atoms with van der Waals surface area (Å²) in [6, 6.07) is 11.2. The largest absolute Gasteiger partial charge is 0.356 e. The Morgan fingerprint density at radius 1 is 1.15 bits per heavy atom. The van der Waals surface area contributed by atoms with Gasteiger partial charge in [0, 0.05) is 24.3 Å². The van der Waals surface area contributed by atoms with Crippen LogP contribution in [0, 0.1) is 0 Å². The minimum atomic E-state index is -0.0825. The average Bonchev–Trinajstić information content (AvgIpc) is 2.90. The summed E-state index contributed by atoms with van der Waals surface area (Å²) in [5.41, 5.74) is 2.37. The molecule has 0 unspecified atom stereocenters. The molecule has 2 aromatic heterocycles. The molecule has 0 fully saturated rings. The Kier molecular flexibility index (Phi) is 3.41. The van der Waals surface area contributed by atoms with Crippen molar-refractivity contribution in [2.75, 3.05) is 0 Å². The van der Waals surface area contributed by atoms with Crippen LogP contribution in [0.4, 0.5) is 0 Å². The van der Waals surface area contributed by atoms with Crippen LogP contribution in [0.1, 0.15) is 11.3 Å². The number of rotatable bonds is 4. The highest BCUT2D eigenvalue weighted by Gasteiger charge is 2.11. The second kappa shape index (κ2) is 5.52. The summed E-state index contributed by atoms with van der Waals surface area (Å²) in [6.07, 6.45) is 3.61. The van der Waals surface area contributed by atoms with E-state index < -0.39 is 0 Å². The number of benzene rings is 1. The van der Waals surface area contributed by atoms with E-state index >= 15 is 0 Å². The number of para-hydroxylation sites is 1. The van der Waals surface area contributed by atoms with Gasteiger partial charge in [-0.1, -0.05) is 17.3 Å². The first-order chi connectivity index (χ1) is 9.83. The fourth-order valence-corrected chi connectivity index (χ4v) is 1.98. The van der Waals surface area contributed by atoms with Crippen LogP contribution in [0.2, 0.25) is 0 Å². The molecule has 0 aliphatic heterocycles. The third-order valence-electron chi connectivity index (χ3n) is 3.02. The predicted molar refractivity (Wildman–Crippen MR) is 73.8 cm³/mol. The summed E-state index contributed by atoms with van der Waals surface area (Å²) < 4.78 is 5.17. The molecule has 1 N–H and O–H groups in total. The van der Waals surface area contributed by atoms with E-state index in [-0.39, 0.29) is 12.3 Å². The van der Waals surface area contributed by atoms with Crippen molar-refractivity contribution in [3.05, 3.63) is 60.0 Å². The molecule has 0 radical (unpaired) electrons. The van der Waals surface area contributed by atoms with E-state index in [9.17, 15) is 4.79 Å². The Hall–Kier alpha value is -2.69. The van der Waals surface area contributed by atoms with E-state index in [4.69, 9.17) is 4.52 Å². The highest BCUT2D eigenvalue weighted by Crippen LogP contribution is 2.17. The van der Waals surface area contributed by atoms with Gasteiger partial charge in [0.1, 0.15) is 5.69 Å². The number of nitrogens with zero attached hydrogens (tertiary/aromatic N) is 2. The third kappa shape index (κ3) is 2.66. The Bertz CT molecular complexity index is 722. The number of carbonyl (C=O) groups excluding carboxylic acids is 1. The number of hydrogen-bond acceptors (Lipinski definition) is 4. The second-order valence-corrected chi connectivity index (χ2v) is 4.43. The topological polar surface area (TPSA) is 68.0 Å². The molecule has 5 heteroatoms. The summed E-state index contributed by atoms with van der Waals surface area (Å²) in [6.45, 7) is 0.483. The van der Waals surface area contributed by atoms with E-state index in [2.05, 4.69) is 15.5 Å². The molecule has 0 aliphatic carbocycles. The van der Waals surface area contributed by atoms with Crippen LogP contribution in [-0.2, 0) is 17.8 Å². The van der Waals surface area contributed by atoms with Crippen molar-refractivity contribution in [3.63, 3.8) is 0 Å². The fraction of sp³-hybridized carbons (Fsp3) is 0.133. The minimum Gasteiger partial charge on any atom is -0.356 e. The average molecular weight is 267 g/mol. The minimum absolute atomic E-state index is 0.0825. The molecule has 1 amide bonds. The molecule has 2 heterocycles. The van der Waals surface area contributed by atoms with Crippen LogP contribution < -0.4 is 5.32 Å². The first kappa shape index (κ1) is 12.3. The molecular weight excluding hydrogens is 254 g/mol. The number of aromatic nitrogens is 2. The van der Waals surface area contributed by atoms with Gasteiger partial charge in [-0.25, -0.2) is 0 Å². The maximum absolute atomic E-state index is 11.9. The summed E-state index contributed by atoms with van der Waals surface area (Å²) >= 11 is 0. The number of fused-ring (bicyclic) bond motifs is 1. The van der Waals surface area contributed by atoms with Gasteiger partial charge in [-0.05, 0) is 29.8 Å². The molecule has 0 saturated carbocycles. The van der Waals surface area contributed by atoms with E-state index in [1.807, 2.05) is 36.4 Å². The fourth-order valence-electron chi connectivity index (χ4n) is 1.98. The zero-order chi connectivity index (χ0) is 13.8. The molecule has 0 aliphatic rings. The van der Waals surface area contributed by atoms with Crippen LogP contribution in [-0.4, -0.2) is 16.0 Å². The van der Waals surface area contributed by atoms with E-state index in [0.717, 1.165) is 10.9 Å².